The standard InChI is InChI=1S/C13H22N4/c1-11-5-8-17(9-6-11)10-12-4-7-14-13(15-12)16(2)3/h4,7,11H,5-6,8-10H2,1-3H3. The number of aromatic nitrogens is 2. The van der Waals surface area contributed by atoms with Crippen LogP contribution in [-0.4, -0.2) is 42.1 Å². The Hall–Kier alpha value is -1.16. The fourth-order valence-corrected chi connectivity index (χ4v) is 2.14. The van der Waals surface area contributed by atoms with Gasteiger partial charge in [-0.05, 0) is 37.9 Å². The van der Waals surface area contributed by atoms with Crippen molar-refractivity contribution in [1.29, 1.82) is 0 Å². The van der Waals surface area contributed by atoms with Gasteiger partial charge >= 0.3 is 0 Å². The number of likely N-dealkylation sites (tertiary alicyclic amines) is 1. The van der Waals surface area contributed by atoms with Crippen molar-refractivity contribution < 1.29 is 0 Å². The molecule has 1 aromatic heterocycles. The Balaban J connectivity index is 1.96. The van der Waals surface area contributed by atoms with Gasteiger partial charge in [0, 0.05) is 26.8 Å². The molecule has 2 heterocycles. The van der Waals surface area contributed by atoms with Gasteiger partial charge in [-0.25, -0.2) is 9.97 Å². The highest BCUT2D eigenvalue weighted by atomic mass is 15.2. The topological polar surface area (TPSA) is 32.3 Å². The fourth-order valence-electron chi connectivity index (χ4n) is 2.14. The Labute approximate surface area is 104 Å². The maximum atomic E-state index is 4.56. The summed E-state index contributed by atoms with van der Waals surface area (Å²) in [6.07, 6.45) is 4.47. The van der Waals surface area contributed by atoms with Gasteiger partial charge in [0.15, 0.2) is 0 Å². The third-order valence-electron chi connectivity index (χ3n) is 3.36. The molecule has 0 saturated carbocycles. The van der Waals surface area contributed by atoms with Gasteiger partial charge in [0.05, 0.1) is 5.69 Å². The van der Waals surface area contributed by atoms with E-state index in [4.69, 9.17) is 0 Å². The Morgan fingerprint density at radius 1 is 1.35 bits per heavy atom. The molecule has 0 unspecified atom stereocenters. The second-order valence-corrected chi connectivity index (χ2v) is 5.20. The van der Waals surface area contributed by atoms with Crippen LogP contribution in [0, 0.1) is 5.92 Å². The van der Waals surface area contributed by atoms with Crippen molar-refractivity contribution in [2.45, 2.75) is 26.3 Å². The largest absolute Gasteiger partial charge is 0.347 e. The number of nitrogens with zero attached hydrogens (tertiary/aromatic N) is 4. The first kappa shape index (κ1) is 12.3. The molecule has 17 heavy (non-hydrogen) atoms. The molecule has 0 aromatic carbocycles. The zero-order chi connectivity index (χ0) is 12.3. The van der Waals surface area contributed by atoms with Crippen molar-refractivity contribution >= 4 is 5.95 Å². The Morgan fingerprint density at radius 3 is 2.71 bits per heavy atom. The first-order valence-electron chi connectivity index (χ1n) is 6.37. The SMILES string of the molecule is CC1CCN(Cc2ccnc(N(C)C)n2)CC1. The number of anilines is 1. The van der Waals surface area contributed by atoms with Crippen LogP contribution < -0.4 is 4.90 Å². The Bertz CT molecular complexity index is 356. The first-order chi connectivity index (χ1) is 8.15. The highest BCUT2D eigenvalue weighted by Crippen LogP contribution is 2.17. The average Bonchev–Trinajstić information content (AvgIpc) is 2.32. The third kappa shape index (κ3) is 3.40. The van der Waals surface area contributed by atoms with Crippen molar-refractivity contribution in [3.8, 4) is 0 Å². The summed E-state index contributed by atoms with van der Waals surface area (Å²) in [5, 5.41) is 0. The van der Waals surface area contributed by atoms with E-state index in [9.17, 15) is 0 Å². The van der Waals surface area contributed by atoms with Gasteiger partial charge in [0.2, 0.25) is 5.95 Å². The highest BCUT2D eigenvalue weighted by molar-refractivity contribution is 5.27. The van der Waals surface area contributed by atoms with Crippen LogP contribution in [0.5, 0.6) is 0 Å². The molecule has 0 bridgehead atoms. The van der Waals surface area contributed by atoms with E-state index in [1.165, 1.54) is 25.9 Å². The summed E-state index contributed by atoms with van der Waals surface area (Å²) in [4.78, 5) is 13.2. The lowest BCUT2D eigenvalue weighted by molar-refractivity contribution is 0.183. The molecule has 0 atom stereocenters. The van der Waals surface area contributed by atoms with Crippen LogP contribution in [0.3, 0.4) is 0 Å². The molecule has 1 aliphatic heterocycles. The van der Waals surface area contributed by atoms with E-state index in [0.29, 0.717) is 0 Å². The average molecular weight is 234 g/mol. The van der Waals surface area contributed by atoms with Gasteiger partial charge < -0.3 is 4.90 Å². The van der Waals surface area contributed by atoms with E-state index in [0.717, 1.165) is 24.1 Å². The first-order valence-corrected chi connectivity index (χ1v) is 6.37. The van der Waals surface area contributed by atoms with Crippen LogP contribution in [0.15, 0.2) is 12.3 Å². The number of hydrogen-bond donors (Lipinski definition) is 0. The van der Waals surface area contributed by atoms with Gasteiger partial charge in [0.25, 0.3) is 0 Å². The predicted octanol–water partition coefficient (Wildman–Crippen LogP) is 1.77. The van der Waals surface area contributed by atoms with E-state index in [1.54, 1.807) is 0 Å². The van der Waals surface area contributed by atoms with Gasteiger partial charge in [-0.15, -0.1) is 0 Å². The van der Waals surface area contributed by atoms with E-state index < -0.39 is 0 Å². The third-order valence-corrected chi connectivity index (χ3v) is 3.36. The summed E-state index contributed by atoms with van der Waals surface area (Å²) < 4.78 is 0. The van der Waals surface area contributed by atoms with E-state index in [-0.39, 0.29) is 0 Å². The summed E-state index contributed by atoms with van der Waals surface area (Å²) in [7, 11) is 3.95. The van der Waals surface area contributed by atoms with Crippen LogP contribution in [0.25, 0.3) is 0 Å². The maximum absolute atomic E-state index is 4.56. The lowest BCUT2D eigenvalue weighted by atomic mass is 9.99. The molecule has 0 radical (unpaired) electrons. The van der Waals surface area contributed by atoms with E-state index in [2.05, 4.69) is 21.8 Å². The van der Waals surface area contributed by atoms with Crippen molar-refractivity contribution in [3.05, 3.63) is 18.0 Å². The highest BCUT2D eigenvalue weighted by Gasteiger charge is 2.16. The number of hydrogen-bond acceptors (Lipinski definition) is 4. The molecular formula is C13H22N4. The molecule has 1 fully saturated rings. The molecule has 0 amide bonds. The number of rotatable bonds is 3. The second kappa shape index (κ2) is 5.45. The van der Waals surface area contributed by atoms with Gasteiger partial charge in [-0.2, -0.15) is 0 Å². The monoisotopic (exact) mass is 234 g/mol. The van der Waals surface area contributed by atoms with Crippen LogP contribution >= 0.6 is 0 Å². The normalized spacial score (nSPS) is 18.3. The fraction of sp³-hybridized carbons (Fsp3) is 0.692. The summed E-state index contributed by atoms with van der Waals surface area (Å²) >= 11 is 0. The summed E-state index contributed by atoms with van der Waals surface area (Å²) in [6.45, 7) is 5.69. The molecule has 4 nitrogen and oxygen atoms in total. The van der Waals surface area contributed by atoms with E-state index in [1.807, 2.05) is 31.3 Å². The minimum atomic E-state index is 0.799. The van der Waals surface area contributed by atoms with Crippen LogP contribution in [0.2, 0.25) is 0 Å². The van der Waals surface area contributed by atoms with Crippen molar-refractivity contribution in [3.63, 3.8) is 0 Å². The van der Waals surface area contributed by atoms with E-state index >= 15 is 0 Å². The predicted molar refractivity (Wildman–Crippen MR) is 70.0 cm³/mol. The summed E-state index contributed by atoms with van der Waals surface area (Å²) in [5.41, 5.74) is 1.12. The smallest absolute Gasteiger partial charge is 0.225 e. The Morgan fingerprint density at radius 2 is 2.06 bits per heavy atom. The van der Waals surface area contributed by atoms with Gasteiger partial charge in [0.1, 0.15) is 0 Å². The lowest BCUT2D eigenvalue weighted by Crippen LogP contribution is -2.32. The van der Waals surface area contributed by atoms with Crippen molar-refractivity contribution in [2.24, 2.45) is 5.92 Å². The minimum Gasteiger partial charge on any atom is -0.347 e. The molecule has 0 spiro atoms. The molecule has 2 rings (SSSR count). The van der Waals surface area contributed by atoms with Crippen molar-refractivity contribution in [2.75, 3.05) is 32.1 Å². The molecule has 0 N–H and O–H groups in total. The molecular weight excluding hydrogens is 212 g/mol. The zero-order valence-electron chi connectivity index (χ0n) is 11.1. The molecule has 0 aliphatic carbocycles. The summed E-state index contributed by atoms with van der Waals surface area (Å²) in [6, 6.07) is 2.02. The molecule has 1 aromatic rings. The van der Waals surface area contributed by atoms with Gasteiger partial charge in [-0.3, -0.25) is 4.90 Å². The minimum absolute atomic E-state index is 0.799. The summed E-state index contributed by atoms with van der Waals surface area (Å²) in [5.74, 6) is 1.68. The van der Waals surface area contributed by atoms with Crippen LogP contribution in [0.1, 0.15) is 25.5 Å². The molecule has 1 saturated heterocycles. The molecule has 1 aliphatic rings. The quantitative estimate of drug-likeness (QED) is 0.798. The second-order valence-electron chi connectivity index (χ2n) is 5.20. The van der Waals surface area contributed by atoms with Gasteiger partial charge in [-0.1, -0.05) is 6.92 Å². The van der Waals surface area contributed by atoms with Crippen LogP contribution in [-0.2, 0) is 6.54 Å². The zero-order valence-corrected chi connectivity index (χ0v) is 11.1. The Kier molecular flexibility index (Phi) is 3.94. The van der Waals surface area contributed by atoms with Crippen LogP contribution in [0.4, 0.5) is 5.95 Å². The number of piperidine rings is 1. The molecule has 4 heteroatoms. The lowest BCUT2D eigenvalue weighted by Gasteiger charge is -2.29. The van der Waals surface area contributed by atoms with Crippen molar-refractivity contribution in [1.82, 2.24) is 14.9 Å². The maximum Gasteiger partial charge on any atom is 0.225 e. The molecule has 94 valence electrons.